The standard InChI is InChI=1S/C20H29N3O/c1-22(20(24)14-17-13-15-5-6-16(17)12-15)18-7-10-23(11-8-18)19-4-2-3-9-21-19/h2-4,9,15-18H,5-8,10-14H2,1H3. The van der Waals surface area contributed by atoms with Crippen LogP contribution in [0.25, 0.3) is 0 Å². The second kappa shape index (κ2) is 6.73. The van der Waals surface area contributed by atoms with E-state index < -0.39 is 0 Å². The molecule has 3 unspecified atom stereocenters. The maximum atomic E-state index is 12.7. The number of fused-ring (bicyclic) bond motifs is 2. The van der Waals surface area contributed by atoms with E-state index in [1.807, 2.05) is 25.4 Å². The Morgan fingerprint density at radius 2 is 2.04 bits per heavy atom. The van der Waals surface area contributed by atoms with Crippen molar-refractivity contribution < 1.29 is 4.79 Å². The lowest BCUT2D eigenvalue weighted by molar-refractivity contribution is -0.133. The van der Waals surface area contributed by atoms with E-state index in [1.165, 1.54) is 25.7 Å². The summed E-state index contributed by atoms with van der Waals surface area (Å²) in [6, 6.07) is 6.47. The maximum absolute atomic E-state index is 12.7. The summed E-state index contributed by atoms with van der Waals surface area (Å²) in [6.45, 7) is 1.99. The Morgan fingerprint density at radius 3 is 2.67 bits per heavy atom. The van der Waals surface area contributed by atoms with Crippen LogP contribution in [0.2, 0.25) is 0 Å². The fraction of sp³-hybridized carbons (Fsp3) is 0.700. The predicted octanol–water partition coefficient (Wildman–Crippen LogP) is 3.34. The minimum absolute atomic E-state index is 0.379. The van der Waals surface area contributed by atoms with Crippen molar-refractivity contribution in [3.05, 3.63) is 24.4 Å². The van der Waals surface area contributed by atoms with Crippen LogP contribution in [-0.2, 0) is 4.79 Å². The van der Waals surface area contributed by atoms with E-state index in [4.69, 9.17) is 0 Å². The van der Waals surface area contributed by atoms with Gasteiger partial charge in [0.15, 0.2) is 0 Å². The number of hydrogen-bond acceptors (Lipinski definition) is 3. The summed E-state index contributed by atoms with van der Waals surface area (Å²) in [4.78, 5) is 21.6. The van der Waals surface area contributed by atoms with Gasteiger partial charge in [-0.1, -0.05) is 12.5 Å². The Bertz CT molecular complexity index is 568. The number of anilines is 1. The van der Waals surface area contributed by atoms with Gasteiger partial charge in [-0.3, -0.25) is 4.79 Å². The average molecular weight is 327 g/mol. The monoisotopic (exact) mass is 327 g/mol. The minimum atomic E-state index is 0.379. The fourth-order valence-corrected chi connectivity index (χ4v) is 5.22. The molecule has 2 saturated carbocycles. The smallest absolute Gasteiger partial charge is 0.222 e. The molecule has 0 radical (unpaired) electrons. The highest BCUT2D eigenvalue weighted by Gasteiger charge is 2.40. The van der Waals surface area contributed by atoms with Gasteiger partial charge in [0.1, 0.15) is 5.82 Å². The van der Waals surface area contributed by atoms with Gasteiger partial charge in [0.05, 0.1) is 0 Å². The van der Waals surface area contributed by atoms with E-state index in [2.05, 4.69) is 20.9 Å². The third-order valence-electron chi connectivity index (χ3n) is 6.70. The van der Waals surface area contributed by atoms with Crippen molar-refractivity contribution >= 4 is 11.7 Å². The van der Waals surface area contributed by atoms with Crippen LogP contribution in [0.1, 0.15) is 44.9 Å². The first-order valence-electron chi connectivity index (χ1n) is 9.62. The zero-order chi connectivity index (χ0) is 16.5. The first kappa shape index (κ1) is 15.9. The SMILES string of the molecule is CN(C(=O)CC1CC2CCC1C2)C1CCN(c2ccccn2)CC1. The fourth-order valence-electron chi connectivity index (χ4n) is 5.22. The third kappa shape index (κ3) is 3.15. The summed E-state index contributed by atoms with van der Waals surface area (Å²) < 4.78 is 0. The van der Waals surface area contributed by atoms with Crippen LogP contribution in [-0.4, -0.2) is 42.0 Å². The number of amides is 1. The zero-order valence-electron chi connectivity index (χ0n) is 14.7. The number of aromatic nitrogens is 1. The molecule has 2 aliphatic carbocycles. The quantitative estimate of drug-likeness (QED) is 0.851. The molecular weight excluding hydrogens is 298 g/mol. The van der Waals surface area contributed by atoms with Crippen LogP contribution >= 0.6 is 0 Å². The van der Waals surface area contributed by atoms with Crippen LogP contribution in [0.5, 0.6) is 0 Å². The lowest BCUT2D eigenvalue weighted by Gasteiger charge is -2.38. The molecule has 3 atom stereocenters. The summed E-state index contributed by atoms with van der Waals surface area (Å²) in [6.07, 6.45) is 10.2. The van der Waals surface area contributed by atoms with Gasteiger partial charge in [0.2, 0.25) is 5.91 Å². The van der Waals surface area contributed by atoms with Crippen LogP contribution in [0.4, 0.5) is 5.82 Å². The van der Waals surface area contributed by atoms with Crippen LogP contribution in [0, 0.1) is 17.8 Å². The van der Waals surface area contributed by atoms with Crippen molar-refractivity contribution in [3.8, 4) is 0 Å². The van der Waals surface area contributed by atoms with E-state index in [9.17, 15) is 4.79 Å². The van der Waals surface area contributed by atoms with E-state index in [0.29, 0.717) is 17.9 Å². The lowest BCUT2D eigenvalue weighted by atomic mass is 9.86. The molecule has 1 aromatic rings. The van der Waals surface area contributed by atoms with Crippen molar-refractivity contribution in [2.75, 3.05) is 25.0 Å². The highest BCUT2D eigenvalue weighted by molar-refractivity contribution is 5.76. The molecule has 2 heterocycles. The van der Waals surface area contributed by atoms with Crippen LogP contribution < -0.4 is 4.90 Å². The number of carbonyl (C=O) groups is 1. The molecule has 24 heavy (non-hydrogen) atoms. The van der Waals surface area contributed by atoms with E-state index in [1.54, 1.807) is 0 Å². The largest absolute Gasteiger partial charge is 0.356 e. The molecule has 4 nitrogen and oxygen atoms in total. The Kier molecular flexibility index (Phi) is 4.47. The molecule has 2 bridgehead atoms. The van der Waals surface area contributed by atoms with Crippen molar-refractivity contribution in [2.45, 2.75) is 51.0 Å². The van der Waals surface area contributed by atoms with Gasteiger partial charge in [-0.25, -0.2) is 4.98 Å². The Balaban J connectivity index is 1.28. The third-order valence-corrected chi connectivity index (χ3v) is 6.70. The number of pyridine rings is 1. The number of hydrogen-bond donors (Lipinski definition) is 0. The molecule has 3 aliphatic rings. The summed E-state index contributed by atoms with van der Waals surface area (Å²) in [5.74, 6) is 3.89. The van der Waals surface area contributed by atoms with Gasteiger partial charge in [-0.05, 0) is 62.0 Å². The van der Waals surface area contributed by atoms with Crippen molar-refractivity contribution in [3.63, 3.8) is 0 Å². The Labute approximate surface area is 145 Å². The topological polar surface area (TPSA) is 36.4 Å². The second-order valence-electron chi connectivity index (χ2n) is 8.05. The van der Waals surface area contributed by atoms with E-state index in [-0.39, 0.29) is 0 Å². The van der Waals surface area contributed by atoms with Crippen molar-refractivity contribution in [1.82, 2.24) is 9.88 Å². The van der Waals surface area contributed by atoms with E-state index >= 15 is 0 Å². The summed E-state index contributed by atoms with van der Waals surface area (Å²) in [5.41, 5.74) is 0. The van der Waals surface area contributed by atoms with Gasteiger partial charge in [-0.15, -0.1) is 0 Å². The van der Waals surface area contributed by atoms with E-state index in [0.717, 1.165) is 50.0 Å². The molecule has 4 rings (SSSR count). The number of rotatable bonds is 4. The summed E-state index contributed by atoms with van der Waals surface area (Å²) >= 11 is 0. The van der Waals surface area contributed by atoms with Crippen LogP contribution in [0.15, 0.2) is 24.4 Å². The van der Waals surface area contributed by atoms with Crippen LogP contribution in [0.3, 0.4) is 0 Å². The average Bonchev–Trinajstić information content (AvgIpc) is 3.25. The number of piperidine rings is 1. The maximum Gasteiger partial charge on any atom is 0.222 e. The van der Waals surface area contributed by atoms with Crippen molar-refractivity contribution in [1.29, 1.82) is 0 Å². The molecule has 4 heteroatoms. The predicted molar refractivity (Wildman–Crippen MR) is 95.8 cm³/mol. The van der Waals surface area contributed by atoms with Crippen molar-refractivity contribution in [2.24, 2.45) is 17.8 Å². The zero-order valence-corrected chi connectivity index (χ0v) is 14.7. The van der Waals surface area contributed by atoms with Gasteiger partial charge >= 0.3 is 0 Å². The van der Waals surface area contributed by atoms with Gasteiger partial charge in [0.25, 0.3) is 0 Å². The first-order chi connectivity index (χ1) is 11.7. The molecular formula is C20H29N3O. The molecule has 1 aromatic heterocycles. The highest BCUT2D eigenvalue weighted by Crippen LogP contribution is 2.49. The molecule has 0 spiro atoms. The minimum Gasteiger partial charge on any atom is -0.356 e. The van der Waals surface area contributed by atoms with Gasteiger partial charge in [-0.2, -0.15) is 0 Å². The molecule has 1 aliphatic heterocycles. The highest BCUT2D eigenvalue weighted by atomic mass is 16.2. The first-order valence-corrected chi connectivity index (χ1v) is 9.62. The molecule has 1 saturated heterocycles. The molecule has 1 amide bonds. The van der Waals surface area contributed by atoms with Gasteiger partial charge < -0.3 is 9.80 Å². The number of nitrogens with zero attached hydrogens (tertiary/aromatic N) is 3. The summed E-state index contributed by atoms with van der Waals surface area (Å²) in [7, 11) is 2.02. The summed E-state index contributed by atoms with van der Waals surface area (Å²) in [5, 5.41) is 0. The molecule has 3 fully saturated rings. The lowest BCUT2D eigenvalue weighted by Crippen LogP contribution is -2.46. The number of carbonyl (C=O) groups excluding carboxylic acids is 1. The second-order valence-corrected chi connectivity index (χ2v) is 8.05. The normalized spacial score (nSPS) is 29.9. The molecule has 0 aromatic carbocycles. The molecule has 0 N–H and O–H groups in total. The Morgan fingerprint density at radius 1 is 1.21 bits per heavy atom. The Hall–Kier alpha value is -1.58. The van der Waals surface area contributed by atoms with Gasteiger partial charge in [0, 0.05) is 38.8 Å². The molecule has 130 valence electrons.